The van der Waals surface area contributed by atoms with Gasteiger partial charge < -0.3 is 4.74 Å². The second-order valence-electron chi connectivity index (χ2n) is 5.60. The van der Waals surface area contributed by atoms with E-state index in [1.807, 2.05) is 0 Å². The SMILES string of the molecule is O=C(Oc1ccc(/C=N\NS(=O)(=O)c2ccccc2)cc1)c1ccccc1Br. The standard InChI is InChI=1S/C20H15BrN2O4S/c21-19-9-5-4-8-18(19)20(24)27-16-12-10-15(11-13-16)14-22-23-28(25,26)17-6-2-1-3-7-17/h1-14,23H/b22-14-. The summed E-state index contributed by atoms with van der Waals surface area (Å²) in [5, 5.41) is 3.76. The normalized spacial score (nSPS) is 11.3. The number of hydrogen-bond donors (Lipinski definition) is 1. The minimum Gasteiger partial charge on any atom is -0.423 e. The third-order valence-electron chi connectivity index (χ3n) is 3.62. The summed E-state index contributed by atoms with van der Waals surface area (Å²) in [4.78, 5) is 14.5. The van der Waals surface area contributed by atoms with Gasteiger partial charge >= 0.3 is 5.97 Å². The summed E-state index contributed by atoms with van der Waals surface area (Å²) >= 11 is 3.31. The molecule has 0 aliphatic heterocycles. The molecule has 142 valence electrons. The molecule has 0 saturated carbocycles. The molecule has 8 heteroatoms. The average molecular weight is 459 g/mol. The Morgan fingerprint density at radius 2 is 1.57 bits per heavy atom. The number of carbonyl (C=O) groups excluding carboxylic acids is 1. The topological polar surface area (TPSA) is 84.8 Å². The number of hydrogen-bond acceptors (Lipinski definition) is 5. The lowest BCUT2D eigenvalue weighted by molar-refractivity contribution is 0.0734. The molecule has 0 spiro atoms. The van der Waals surface area contributed by atoms with Crippen LogP contribution in [-0.4, -0.2) is 20.6 Å². The Hall–Kier alpha value is -2.97. The van der Waals surface area contributed by atoms with Crippen LogP contribution in [0.5, 0.6) is 5.75 Å². The molecule has 0 amide bonds. The molecule has 0 fully saturated rings. The highest BCUT2D eigenvalue weighted by atomic mass is 79.9. The van der Waals surface area contributed by atoms with E-state index in [0.717, 1.165) is 0 Å². The fourth-order valence-corrected chi connectivity index (χ4v) is 3.49. The predicted octanol–water partition coefficient (Wildman–Crippen LogP) is 3.98. The highest BCUT2D eigenvalue weighted by Gasteiger charge is 2.12. The van der Waals surface area contributed by atoms with E-state index in [1.54, 1.807) is 66.7 Å². The van der Waals surface area contributed by atoms with E-state index < -0.39 is 16.0 Å². The molecule has 0 aliphatic carbocycles. The molecule has 0 radical (unpaired) electrons. The molecule has 0 atom stereocenters. The zero-order valence-electron chi connectivity index (χ0n) is 14.4. The van der Waals surface area contributed by atoms with Crippen molar-refractivity contribution < 1.29 is 17.9 Å². The van der Waals surface area contributed by atoms with Crippen LogP contribution >= 0.6 is 15.9 Å². The molecule has 1 N–H and O–H groups in total. The van der Waals surface area contributed by atoms with E-state index in [0.29, 0.717) is 21.3 Å². The van der Waals surface area contributed by atoms with E-state index >= 15 is 0 Å². The molecular weight excluding hydrogens is 444 g/mol. The van der Waals surface area contributed by atoms with Crippen LogP contribution < -0.4 is 9.57 Å². The van der Waals surface area contributed by atoms with Gasteiger partial charge in [0.05, 0.1) is 16.7 Å². The van der Waals surface area contributed by atoms with Crippen LogP contribution in [0.3, 0.4) is 0 Å². The molecule has 3 aromatic carbocycles. The van der Waals surface area contributed by atoms with Crippen LogP contribution in [0.25, 0.3) is 0 Å². The number of rotatable bonds is 6. The third-order valence-corrected chi connectivity index (χ3v) is 5.55. The first-order valence-corrected chi connectivity index (χ1v) is 10.4. The summed E-state index contributed by atoms with van der Waals surface area (Å²) in [5.41, 5.74) is 1.06. The molecule has 28 heavy (non-hydrogen) atoms. The van der Waals surface area contributed by atoms with E-state index in [4.69, 9.17) is 4.74 Å². The van der Waals surface area contributed by atoms with Crippen molar-refractivity contribution in [2.45, 2.75) is 4.90 Å². The van der Waals surface area contributed by atoms with E-state index in [1.165, 1.54) is 18.3 Å². The number of nitrogens with one attached hydrogen (secondary N) is 1. The molecule has 0 heterocycles. The van der Waals surface area contributed by atoms with E-state index in [9.17, 15) is 13.2 Å². The van der Waals surface area contributed by atoms with Gasteiger partial charge in [-0.1, -0.05) is 30.3 Å². The van der Waals surface area contributed by atoms with Crippen LogP contribution in [0, 0.1) is 0 Å². The number of benzene rings is 3. The zero-order valence-corrected chi connectivity index (χ0v) is 16.9. The number of nitrogens with zero attached hydrogens (tertiary/aromatic N) is 1. The first-order chi connectivity index (χ1) is 13.5. The number of carbonyl (C=O) groups is 1. The van der Waals surface area contributed by atoms with Crippen LogP contribution in [0.1, 0.15) is 15.9 Å². The quantitative estimate of drug-likeness (QED) is 0.262. The molecular formula is C20H15BrN2O4S. The first-order valence-electron chi connectivity index (χ1n) is 8.12. The molecule has 0 aromatic heterocycles. The van der Waals surface area contributed by atoms with Gasteiger partial charge in [0.25, 0.3) is 10.0 Å². The van der Waals surface area contributed by atoms with Crippen LogP contribution in [0.2, 0.25) is 0 Å². The van der Waals surface area contributed by atoms with Crippen LogP contribution in [0.15, 0.2) is 93.3 Å². The van der Waals surface area contributed by atoms with Crippen molar-refractivity contribution in [2.24, 2.45) is 5.10 Å². The monoisotopic (exact) mass is 458 g/mol. The molecule has 0 unspecified atom stereocenters. The van der Waals surface area contributed by atoms with E-state index in [2.05, 4.69) is 25.9 Å². The molecule has 0 bridgehead atoms. The molecule has 6 nitrogen and oxygen atoms in total. The van der Waals surface area contributed by atoms with Crippen molar-refractivity contribution in [3.63, 3.8) is 0 Å². The van der Waals surface area contributed by atoms with Gasteiger partial charge in [0.15, 0.2) is 0 Å². The molecule has 0 aliphatic rings. The summed E-state index contributed by atoms with van der Waals surface area (Å²) < 4.78 is 30.1. The molecule has 0 saturated heterocycles. The van der Waals surface area contributed by atoms with Crippen molar-refractivity contribution >= 4 is 38.1 Å². The van der Waals surface area contributed by atoms with Gasteiger partial charge in [-0.3, -0.25) is 0 Å². The van der Waals surface area contributed by atoms with Crippen molar-refractivity contribution in [1.82, 2.24) is 4.83 Å². The van der Waals surface area contributed by atoms with Crippen molar-refractivity contribution in [1.29, 1.82) is 0 Å². The Balaban J connectivity index is 1.62. The first kappa shape index (κ1) is 19.8. The maximum Gasteiger partial charge on any atom is 0.344 e. The minimum absolute atomic E-state index is 0.126. The van der Waals surface area contributed by atoms with Crippen molar-refractivity contribution in [3.05, 3.63) is 94.5 Å². The Morgan fingerprint density at radius 1 is 0.929 bits per heavy atom. The van der Waals surface area contributed by atoms with Crippen molar-refractivity contribution in [3.8, 4) is 5.75 Å². The maximum absolute atomic E-state index is 12.2. The fraction of sp³-hybridized carbons (Fsp3) is 0. The largest absolute Gasteiger partial charge is 0.423 e. The Bertz CT molecular complexity index is 1100. The van der Waals surface area contributed by atoms with Crippen LogP contribution in [0.4, 0.5) is 0 Å². The number of hydrazone groups is 1. The lowest BCUT2D eigenvalue weighted by Gasteiger charge is -2.06. The average Bonchev–Trinajstić information content (AvgIpc) is 2.70. The number of sulfonamides is 1. The maximum atomic E-state index is 12.2. The minimum atomic E-state index is -3.71. The Kier molecular flexibility index (Phi) is 6.23. The summed E-state index contributed by atoms with van der Waals surface area (Å²) in [7, 11) is -3.71. The van der Waals surface area contributed by atoms with Gasteiger partial charge in [0.2, 0.25) is 0 Å². The second-order valence-corrected chi connectivity index (χ2v) is 8.12. The van der Waals surface area contributed by atoms with Gasteiger partial charge in [-0.05, 0) is 70.0 Å². The predicted molar refractivity (Wildman–Crippen MR) is 110 cm³/mol. The summed E-state index contributed by atoms with van der Waals surface area (Å²) in [6.45, 7) is 0. The van der Waals surface area contributed by atoms with Gasteiger partial charge in [-0.15, -0.1) is 0 Å². The number of ether oxygens (including phenoxy) is 1. The van der Waals surface area contributed by atoms with E-state index in [-0.39, 0.29) is 4.90 Å². The van der Waals surface area contributed by atoms with Crippen molar-refractivity contribution in [2.75, 3.05) is 0 Å². The van der Waals surface area contributed by atoms with Gasteiger partial charge in [0, 0.05) is 4.47 Å². The van der Waals surface area contributed by atoms with Gasteiger partial charge in [-0.25, -0.2) is 9.63 Å². The smallest absolute Gasteiger partial charge is 0.344 e. The second kappa shape index (κ2) is 8.81. The Labute approximate surface area is 171 Å². The number of esters is 1. The molecule has 3 aromatic rings. The van der Waals surface area contributed by atoms with Crippen LogP contribution in [-0.2, 0) is 10.0 Å². The summed E-state index contributed by atoms with van der Waals surface area (Å²) in [5.74, 6) is -0.118. The highest BCUT2D eigenvalue weighted by Crippen LogP contribution is 2.19. The fourth-order valence-electron chi connectivity index (χ4n) is 2.23. The summed E-state index contributed by atoms with van der Waals surface area (Å²) in [6.07, 6.45) is 1.36. The zero-order chi connectivity index (χ0) is 20.0. The third kappa shape index (κ3) is 5.05. The lowest BCUT2D eigenvalue weighted by atomic mass is 10.2. The highest BCUT2D eigenvalue weighted by molar-refractivity contribution is 9.10. The number of halogens is 1. The van der Waals surface area contributed by atoms with Gasteiger partial charge in [0.1, 0.15) is 5.75 Å². The lowest BCUT2D eigenvalue weighted by Crippen LogP contribution is -2.18. The summed E-state index contributed by atoms with van der Waals surface area (Å²) in [6, 6.07) is 21.4. The molecule has 3 rings (SSSR count). The van der Waals surface area contributed by atoms with Gasteiger partial charge in [-0.2, -0.15) is 13.5 Å². The Morgan fingerprint density at radius 3 is 2.25 bits per heavy atom.